The molecule has 0 aliphatic carbocycles. The van der Waals surface area contributed by atoms with Gasteiger partial charge < -0.3 is 4.90 Å². The Bertz CT molecular complexity index is 2220. The molecule has 8 rings (SSSR count). The van der Waals surface area contributed by atoms with Crippen LogP contribution in [0.1, 0.15) is 0 Å². The fourth-order valence-corrected chi connectivity index (χ4v) is 6.36. The zero-order valence-corrected chi connectivity index (χ0v) is 23.7. The predicted molar refractivity (Wildman–Crippen MR) is 185 cm³/mol. The first-order valence-corrected chi connectivity index (χ1v) is 14.8. The molecule has 0 aromatic heterocycles. The summed E-state index contributed by atoms with van der Waals surface area (Å²) in [5, 5.41) is 7.61. The predicted octanol–water partition coefficient (Wildman–Crippen LogP) is 11.9. The highest BCUT2D eigenvalue weighted by Gasteiger charge is 2.17. The molecule has 0 aliphatic heterocycles. The van der Waals surface area contributed by atoms with E-state index in [0.717, 1.165) is 17.1 Å². The van der Waals surface area contributed by atoms with E-state index in [-0.39, 0.29) is 0 Å². The summed E-state index contributed by atoms with van der Waals surface area (Å²) >= 11 is 0. The van der Waals surface area contributed by atoms with Crippen molar-refractivity contribution in [3.05, 3.63) is 176 Å². The maximum atomic E-state index is 2.39. The second kappa shape index (κ2) is 10.6. The van der Waals surface area contributed by atoms with Gasteiger partial charge in [0, 0.05) is 16.8 Å². The van der Waals surface area contributed by atoms with E-state index in [1.165, 1.54) is 54.6 Å². The van der Waals surface area contributed by atoms with Gasteiger partial charge in [-0.1, -0.05) is 146 Å². The number of para-hydroxylation sites is 1. The highest BCUT2D eigenvalue weighted by Crippen LogP contribution is 2.42. The third-order valence-corrected chi connectivity index (χ3v) is 8.43. The topological polar surface area (TPSA) is 3.24 Å². The number of fused-ring (bicyclic) bond motifs is 5. The molecule has 8 aromatic rings. The first-order chi connectivity index (χ1) is 21.3. The van der Waals surface area contributed by atoms with Crippen molar-refractivity contribution >= 4 is 49.4 Å². The standard InChI is InChI=1S/C42H29N/c1-3-11-30(12-4-1)31-21-23-32(24-22-31)35-14-9-17-37(29-35)43(36-15-5-2-6-16-36)41-20-10-19-40-39(41)28-27-34-26-25-33-13-7-8-18-38(33)42(34)40/h1-29H. The summed E-state index contributed by atoms with van der Waals surface area (Å²) in [5.41, 5.74) is 8.26. The van der Waals surface area contributed by atoms with Crippen LogP contribution in [0.25, 0.3) is 54.6 Å². The summed E-state index contributed by atoms with van der Waals surface area (Å²) in [5.74, 6) is 0. The quantitative estimate of drug-likeness (QED) is 0.194. The van der Waals surface area contributed by atoms with E-state index in [9.17, 15) is 0 Å². The smallest absolute Gasteiger partial charge is 0.0540 e. The molecule has 43 heavy (non-hydrogen) atoms. The zero-order valence-electron chi connectivity index (χ0n) is 23.7. The summed E-state index contributed by atoms with van der Waals surface area (Å²) < 4.78 is 0. The van der Waals surface area contributed by atoms with Crippen LogP contribution in [0.15, 0.2) is 176 Å². The lowest BCUT2D eigenvalue weighted by molar-refractivity contribution is 1.30. The Balaban J connectivity index is 1.29. The Hall–Kier alpha value is -5.66. The van der Waals surface area contributed by atoms with Crippen molar-refractivity contribution in [3.8, 4) is 22.3 Å². The van der Waals surface area contributed by atoms with E-state index in [0.29, 0.717) is 0 Å². The molecule has 0 unspecified atom stereocenters. The van der Waals surface area contributed by atoms with Crippen LogP contribution in [-0.4, -0.2) is 0 Å². The molecule has 0 fully saturated rings. The van der Waals surface area contributed by atoms with Gasteiger partial charge in [-0.25, -0.2) is 0 Å². The molecule has 202 valence electrons. The van der Waals surface area contributed by atoms with Gasteiger partial charge in [-0.3, -0.25) is 0 Å². The summed E-state index contributed by atoms with van der Waals surface area (Å²) in [4.78, 5) is 2.39. The highest BCUT2D eigenvalue weighted by atomic mass is 15.1. The van der Waals surface area contributed by atoms with Crippen molar-refractivity contribution in [2.45, 2.75) is 0 Å². The maximum absolute atomic E-state index is 2.39. The summed E-state index contributed by atoms with van der Waals surface area (Å²) in [6.45, 7) is 0. The van der Waals surface area contributed by atoms with Crippen LogP contribution >= 0.6 is 0 Å². The Morgan fingerprint density at radius 3 is 1.67 bits per heavy atom. The highest BCUT2D eigenvalue weighted by molar-refractivity contribution is 6.22. The monoisotopic (exact) mass is 547 g/mol. The molecule has 0 bridgehead atoms. The Kier molecular flexibility index (Phi) is 6.20. The second-order valence-corrected chi connectivity index (χ2v) is 11.0. The average molecular weight is 548 g/mol. The third kappa shape index (κ3) is 4.52. The lowest BCUT2D eigenvalue weighted by atomic mass is 9.95. The number of hydrogen-bond acceptors (Lipinski definition) is 1. The van der Waals surface area contributed by atoms with Gasteiger partial charge in [-0.15, -0.1) is 0 Å². The summed E-state index contributed by atoms with van der Waals surface area (Å²) in [6.07, 6.45) is 0. The van der Waals surface area contributed by atoms with Crippen molar-refractivity contribution in [1.82, 2.24) is 0 Å². The molecule has 0 N–H and O–H groups in total. The van der Waals surface area contributed by atoms with E-state index < -0.39 is 0 Å². The van der Waals surface area contributed by atoms with Gasteiger partial charge in [0.25, 0.3) is 0 Å². The van der Waals surface area contributed by atoms with Crippen LogP contribution in [0.3, 0.4) is 0 Å². The molecule has 0 spiro atoms. The molecule has 1 heteroatoms. The van der Waals surface area contributed by atoms with Crippen molar-refractivity contribution in [2.75, 3.05) is 4.90 Å². The van der Waals surface area contributed by atoms with Gasteiger partial charge in [-0.05, 0) is 79.5 Å². The molecule has 0 radical (unpaired) electrons. The number of nitrogens with zero attached hydrogens (tertiary/aromatic N) is 1. The van der Waals surface area contributed by atoms with Gasteiger partial charge in [0.05, 0.1) is 5.69 Å². The molecule has 8 aromatic carbocycles. The normalized spacial score (nSPS) is 11.3. The SMILES string of the molecule is c1ccc(-c2ccc(-c3cccc(N(c4ccccc4)c4cccc5c4ccc4ccc6ccccc6c45)c3)cc2)cc1. The van der Waals surface area contributed by atoms with Crippen LogP contribution in [0.4, 0.5) is 17.1 Å². The van der Waals surface area contributed by atoms with Crippen LogP contribution in [-0.2, 0) is 0 Å². The van der Waals surface area contributed by atoms with E-state index in [4.69, 9.17) is 0 Å². The molecule has 0 heterocycles. The van der Waals surface area contributed by atoms with Crippen LogP contribution in [0.5, 0.6) is 0 Å². The van der Waals surface area contributed by atoms with Crippen LogP contribution in [0, 0.1) is 0 Å². The number of rotatable bonds is 5. The minimum absolute atomic E-state index is 1.13. The van der Waals surface area contributed by atoms with Crippen LogP contribution in [0.2, 0.25) is 0 Å². The third-order valence-electron chi connectivity index (χ3n) is 8.43. The van der Waals surface area contributed by atoms with Crippen molar-refractivity contribution < 1.29 is 0 Å². The molecular formula is C42H29N. The van der Waals surface area contributed by atoms with Gasteiger partial charge >= 0.3 is 0 Å². The number of anilines is 3. The van der Waals surface area contributed by atoms with Gasteiger partial charge in [0.2, 0.25) is 0 Å². The molecule has 0 atom stereocenters. The molecule has 0 amide bonds. The largest absolute Gasteiger partial charge is 0.310 e. The molecular weight excluding hydrogens is 518 g/mol. The Morgan fingerprint density at radius 2 is 0.860 bits per heavy atom. The molecule has 1 nitrogen and oxygen atoms in total. The van der Waals surface area contributed by atoms with Gasteiger partial charge in [0.1, 0.15) is 0 Å². The average Bonchev–Trinajstić information content (AvgIpc) is 3.09. The zero-order chi connectivity index (χ0) is 28.6. The fraction of sp³-hybridized carbons (Fsp3) is 0. The van der Waals surface area contributed by atoms with Crippen molar-refractivity contribution in [3.63, 3.8) is 0 Å². The van der Waals surface area contributed by atoms with Gasteiger partial charge in [-0.2, -0.15) is 0 Å². The first kappa shape index (κ1) is 25.1. The Morgan fingerprint density at radius 1 is 0.302 bits per heavy atom. The maximum Gasteiger partial charge on any atom is 0.0540 e. The minimum Gasteiger partial charge on any atom is -0.310 e. The molecule has 0 saturated heterocycles. The van der Waals surface area contributed by atoms with Crippen LogP contribution < -0.4 is 4.90 Å². The lowest BCUT2D eigenvalue weighted by Crippen LogP contribution is -2.10. The first-order valence-electron chi connectivity index (χ1n) is 14.8. The second-order valence-electron chi connectivity index (χ2n) is 11.0. The molecule has 0 saturated carbocycles. The fourth-order valence-electron chi connectivity index (χ4n) is 6.36. The Labute approximate surface area is 251 Å². The minimum atomic E-state index is 1.13. The van der Waals surface area contributed by atoms with E-state index in [1.54, 1.807) is 0 Å². The van der Waals surface area contributed by atoms with E-state index in [1.807, 2.05) is 0 Å². The van der Waals surface area contributed by atoms with Crippen molar-refractivity contribution in [1.29, 1.82) is 0 Å². The number of hydrogen-bond donors (Lipinski definition) is 0. The lowest BCUT2D eigenvalue weighted by Gasteiger charge is -2.27. The molecule has 0 aliphatic rings. The van der Waals surface area contributed by atoms with Gasteiger partial charge in [0.15, 0.2) is 0 Å². The number of benzene rings is 8. The van der Waals surface area contributed by atoms with Crippen molar-refractivity contribution in [2.24, 2.45) is 0 Å². The summed E-state index contributed by atoms with van der Waals surface area (Å²) in [7, 11) is 0. The van der Waals surface area contributed by atoms with E-state index in [2.05, 4.69) is 181 Å². The van der Waals surface area contributed by atoms with E-state index >= 15 is 0 Å². The summed E-state index contributed by atoms with van der Waals surface area (Å²) in [6, 6.07) is 63.4.